The Kier molecular flexibility index (Phi) is 5.60. The normalized spacial score (nSPS) is 15.5. The molecular formula is C19H25N5O. The third kappa shape index (κ3) is 4.33. The van der Waals surface area contributed by atoms with Crippen molar-refractivity contribution in [2.24, 2.45) is 0 Å². The van der Waals surface area contributed by atoms with Crippen LogP contribution < -0.4 is 5.32 Å². The van der Waals surface area contributed by atoms with Gasteiger partial charge in [-0.15, -0.1) is 10.2 Å². The van der Waals surface area contributed by atoms with E-state index >= 15 is 0 Å². The maximum absolute atomic E-state index is 12.2. The maximum Gasteiger partial charge on any atom is 0.251 e. The summed E-state index contributed by atoms with van der Waals surface area (Å²) in [4.78, 5) is 14.6. The molecule has 0 saturated heterocycles. The lowest BCUT2D eigenvalue weighted by Crippen LogP contribution is -2.29. The number of hydrogen-bond donors (Lipinski definition) is 1. The highest BCUT2D eigenvalue weighted by Gasteiger charge is 2.19. The fraction of sp³-hybridized carbons (Fsp3) is 0.421. The lowest BCUT2D eigenvalue weighted by atomic mass is 10.2. The molecule has 6 nitrogen and oxygen atoms in total. The van der Waals surface area contributed by atoms with Crippen molar-refractivity contribution in [1.29, 1.82) is 0 Å². The van der Waals surface area contributed by atoms with E-state index in [4.69, 9.17) is 0 Å². The number of carbonyl (C=O) groups is 1. The molecule has 0 unspecified atom stereocenters. The summed E-state index contributed by atoms with van der Waals surface area (Å²) < 4.78 is 2.15. The first kappa shape index (κ1) is 17.4. The molecule has 2 heterocycles. The average molecular weight is 339 g/mol. The van der Waals surface area contributed by atoms with Crippen molar-refractivity contribution in [3.8, 4) is 0 Å². The Morgan fingerprint density at radius 3 is 2.76 bits per heavy atom. The van der Waals surface area contributed by atoms with Crippen LogP contribution in [-0.4, -0.2) is 45.2 Å². The SMILES string of the molecule is C/C=C(\C)CN1CCc2nnc(CNC(=O)c3ccccc3)n2CC1. The second kappa shape index (κ2) is 8.07. The molecule has 25 heavy (non-hydrogen) atoms. The second-order valence-corrected chi connectivity index (χ2v) is 6.39. The van der Waals surface area contributed by atoms with Crippen molar-refractivity contribution in [3.63, 3.8) is 0 Å². The van der Waals surface area contributed by atoms with E-state index < -0.39 is 0 Å². The minimum atomic E-state index is -0.0862. The van der Waals surface area contributed by atoms with E-state index in [1.54, 1.807) is 12.1 Å². The van der Waals surface area contributed by atoms with Gasteiger partial charge in [0.15, 0.2) is 5.82 Å². The molecule has 1 aliphatic rings. The lowest BCUT2D eigenvalue weighted by Gasteiger charge is -2.19. The van der Waals surface area contributed by atoms with Gasteiger partial charge in [-0.25, -0.2) is 0 Å². The maximum atomic E-state index is 12.2. The molecule has 0 fully saturated rings. The molecule has 1 N–H and O–H groups in total. The minimum absolute atomic E-state index is 0.0862. The molecule has 0 aliphatic carbocycles. The van der Waals surface area contributed by atoms with Crippen molar-refractivity contribution < 1.29 is 4.79 Å². The molecule has 3 rings (SSSR count). The van der Waals surface area contributed by atoms with Gasteiger partial charge in [0, 0.05) is 38.2 Å². The smallest absolute Gasteiger partial charge is 0.251 e. The van der Waals surface area contributed by atoms with Crippen LogP contribution in [0.2, 0.25) is 0 Å². The van der Waals surface area contributed by atoms with Gasteiger partial charge in [-0.1, -0.05) is 29.8 Å². The van der Waals surface area contributed by atoms with Gasteiger partial charge in [-0.3, -0.25) is 9.69 Å². The van der Waals surface area contributed by atoms with E-state index in [2.05, 4.69) is 44.9 Å². The largest absolute Gasteiger partial charge is 0.345 e. The van der Waals surface area contributed by atoms with Crippen LogP contribution in [0.15, 0.2) is 42.0 Å². The Morgan fingerprint density at radius 2 is 2.00 bits per heavy atom. The summed E-state index contributed by atoms with van der Waals surface area (Å²) in [5.41, 5.74) is 2.04. The highest BCUT2D eigenvalue weighted by atomic mass is 16.1. The molecule has 132 valence electrons. The monoisotopic (exact) mass is 339 g/mol. The Labute approximate surface area is 148 Å². The molecule has 0 spiro atoms. The quantitative estimate of drug-likeness (QED) is 0.847. The van der Waals surface area contributed by atoms with Crippen molar-refractivity contribution in [2.45, 2.75) is 33.4 Å². The van der Waals surface area contributed by atoms with Gasteiger partial charge in [0.25, 0.3) is 5.91 Å². The van der Waals surface area contributed by atoms with Crippen LogP contribution in [0, 0.1) is 0 Å². The molecule has 1 amide bonds. The lowest BCUT2D eigenvalue weighted by molar-refractivity contribution is 0.0949. The fourth-order valence-electron chi connectivity index (χ4n) is 3.01. The predicted octanol–water partition coefficient (Wildman–Crippen LogP) is 2.03. The molecule has 1 aromatic carbocycles. The second-order valence-electron chi connectivity index (χ2n) is 6.39. The number of fused-ring (bicyclic) bond motifs is 1. The van der Waals surface area contributed by atoms with Crippen LogP contribution in [0.1, 0.15) is 35.9 Å². The predicted molar refractivity (Wildman–Crippen MR) is 97.2 cm³/mol. The Balaban J connectivity index is 1.61. The van der Waals surface area contributed by atoms with Gasteiger partial charge >= 0.3 is 0 Å². The summed E-state index contributed by atoms with van der Waals surface area (Å²) in [6.07, 6.45) is 3.05. The van der Waals surface area contributed by atoms with Gasteiger partial charge in [0.05, 0.1) is 6.54 Å². The van der Waals surface area contributed by atoms with E-state index in [1.165, 1.54) is 5.57 Å². The molecule has 0 bridgehead atoms. The molecule has 0 atom stereocenters. The number of rotatable bonds is 5. The number of nitrogens with one attached hydrogen (secondary N) is 1. The number of carbonyl (C=O) groups excluding carboxylic acids is 1. The molecule has 1 aromatic heterocycles. The first-order valence-corrected chi connectivity index (χ1v) is 8.75. The molecule has 1 aliphatic heterocycles. The summed E-state index contributed by atoms with van der Waals surface area (Å²) in [5, 5.41) is 11.5. The number of aromatic nitrogens is 3. The number of hydrogen-bond acceptors (Lipinski definition) is 4. The summed E-state index contributed by atoms with van der Waals surface area (Å²) in [6, 6.07) is 9.23. The zero-order valence-corrected chi connectivity index (χ0v) is 14.9. The highest BCUT2D eigenvalue weighted by Crippen LogP contribution is 2.11. The molecule has 0 saturated carbocycles. The first-order valence-electron chi connectivity index (χ1n) is 8.75. The number of nitrogens with zero attached hydrogens (tertiary/aromatic N) is 4. The summed E-state index contributed by atoms with van der Waals surface area (Å²) >= 11 is 0. The van der Waals surface area contributed by atoms with E-state index in [0.29, 0.717) is 12.1 Å². The molecule has 6 heteroatoms. The number of benzene rings is 1. The fourth-order valence-corrected chi connectivity index (χ4v) is 3.01. The van der Waals surface area contributed by atoms with Crippen molar-refractivity contribution in [2.75, 3.05) is 19.6 Å². The third-order valence-corrected chi connectivity index (χ3v) is 4.60. The summed E-state index contributed by atoms with van der Waals surface area (Å²) in [5.74, 6) is 1.74. The van der Waals surface area contributed by atoms with Crippen molar-refractivity contribution >= 4 is 5.91 Å². The highest BCUT2D eigenvalue weighted by molar-refractivity contribution is 5.93. The molecule has 2 aromatic rings. The Morgan fingerprint density at radius 1 is 1.20 bits per heavy atom. The van der Waals surface area contributed by atoms with Crippen molar-refractivity contribution in [1.82, 2.24) is 25.0 Å². The summed E-state index contributed by atoms with van der Waals surface area (Å²) in [7, 11) is 0. The summed E-state index contributed by atoms with van der Waals surface area (Å²) in [6.45, 7) is 8.44. The number of allylic oxidation sites excluding steroid dienone is 1. The number of amides is 1. The molecule has 0 radical (unpaired) electrons. The molecular weight excluding hydrogens is 314 g/mol. The zero-order valence-electron chi connectivity index (χ0n) is 14.9. The van der Waals surface area contributed by atoms with Gasteiger partial charge in [-0.2, -0.15) is 0 Å². The van der Waals surface area contributed by atoms with Crippen LogP contribution >= 0.6 is 0 Å². The Bertz CT molecular complexity index is 750. The average Bonchev–Trinajstić information content (AvgIpc) is 2.93. The van der Waals surface area contributed by atoms with Crippen molar-refractivity contribution in [3.05, 3.63) is 59.2 Å². The van der Waals surface area contributed by atoms with E-state index in [-0.39, 0.29) is 5.91 Å². The van der Waals surface area contributed by atoms with Gasteiger partial charge in [0.2, 0.25) is 0 Å². The minimum Gasteiger partial charge on any atom is -0.345 e. The van der Waals surface area contributed by atoms with Crippen LogP contribution in [0.25, 0.3) is 0 Å². The standard InChI is InChI=1S/C19H25N5O/c1-3-15(2)14-23-10-9-17-21-22-18(24(17)12-11-23)13-20-19(25)16-7-5-4-6-8-16/h3-8H,9-14H2,1-2H3,(H,20,25)/b15-3+. The van der Waals surface area contributed by atoms with Gasteiger partial charge in [0.1, 0.15) is 5.82 Å². The topological polar surface area (TPSA) is 63.1 Å². The van der Waals surface area contributed by atoms with Gasteiger partial charge in [-0.05, 0) is 26.0 Å². The van der Waals surface area contributed by atoms with E-state index in [0.717, 1.165) is 44.2 Å². The van der Waals surface area contributed by atoms with Crippen LogP contribution in [-0.2, 0) is 19.5 Å². The van der Waals surface area contributed by atoms with Crippen LogP contribution in [0.4, 0.5) is 0 Å². The van der Waals surface area contributed by atoms with Crippen LogP contribution in [0.3, 0.4) is 0 Å². The third-order valence-electron chi connectivity index (χ3n) is 4.60. The van der Waals surface area contributed by atoms with Crippen LogP contribution in [0.5, 0.6) is 0 Å². The van der Waals surface area contributed by atoms with E-state index in [9.17, 15) is 4.79 Å². The van der Waals surface area contributed by atoms with E-state index in [1.807, 2.05) is 18.2 Å². The Hall–Kier alpha value is -2.47. The zero-order chi connectivity index (χ0) is 17.6. The first-order chi connectivity index (χ1) is 12.2. The van der Waals surface area contributed by atoms with Gasteiger partial charge < -0.3 is 9.88 Å².